The predicted molar refractivity (Wildman–Crippen MR) is 78.1 cm³/mol. The van der Waals surface area contributed by atoms with Crippen LogP contribution in [0.15, 0.2) is 42.5 Å². The summed E-state index contributed by atoms with van der Waals surface area (Å²) in [5, 5.41) is 3.75. The lowest BCUT2D eigenvalue weighted by Gasteiger charge is -2.21. The fraction of sp³-hybridized carbons (Fsp3) is 0.333. The number of benzene rings is 2. The Morgan fingerprint density at radius 1 is 0.850 bits per heavy atom. The first kappa shape index (κ1) is 12.1. The van der Waals surface area contributed by atoms with Crippen LogP contribution in [0.25, 0.3) is 0 Å². The van der Waals surface area contributed by atoms with E-state index in [1.54, 1.807) is 6.07 Å². The lowest BCUT2D eigenvalue weighted by molar-refractivity contribution is 0.440. The average Bonchev–Trinajstić information content (AvgIpc) is 3.06. The van der Waals surface area contributed by atoms with Crippen molar-refractivity contribution in [2.45, 2.75) is 37.8 Å². The molecule has 2 aliphatic carbocycles. The molecule has 4 rings (SSSR count). The molecule has 2 atom stereocenters. The Morgan fingerprint density at radius 3 is 2.55 bits per heavy atom. The van der Waals surface area contributed by atoms with Crippen LogP contribution in [-0.2, 0) is 12.8 Å². The van der Waals surface area contributed by atoms with E-state index in [1.165, 1.54) is 11.1 Å². The summed E-state index contributed by atoms with van der Waals surface area (Å²) in [7, 11) is 0. The van der Waals surface area contributed by atoms with Crippen LogP contribution in [0.1, 0.15) is 47.2 Å². The van der Waals surface area contributed by atoms with Gasteiger partial charge in [-0.25, -0.2) is 4.39 Å². The normalized spacial score (nSPS) is 23.6. The third kappa shape index (κ3) is 1.87. The van der Waals surface area contributed by atoms with Gasteiger partial charge in [0.1, 0.15) is 5.82 Å². The Balaban J connectivity index is 1.60. The van der Waals surface area contributed by atoms with Gasteiger partial charge in [0.05, 0.1) is 0 Å². The van der Waals surface area contributed by atoms with Crippen LogP contribution in [-0.4, -0.2) is 0 Å². The SMILES string of the molecule is Fc1cccc2c1CCC2NC1CCc2ccccc21. The van der Waals surface area contributed by atoms with Gasteiger partial charge >= 0.3 is 0 Å². The Labute approximate surface area is 118 Å². The van der Waals surface area contributed by atoms with Gasteiger partial charge in [0, 0.05) is 12.1 Å². The van der Waals surface area contributed by atoms with E-state index in [-0.39, 0.29) is 5.82 Å². The van der Waals surface area contributed by atoms with Crippen molar-refractivity contribution in [2.75, 3.05) is 0 Å². The Bertz CT molecular complexity index is 650. The molecule has 20 heavy (non-hydrogen) atoms. The predicted octanol–water partition coefficient (Wildman–Crippen LogP) is 4.09. The van der Waals surface area contributed by atoms with E-state index in [1.807, 2.05) is 6.07 Å². The Kier molecular flexibility index (Phi) is 2.85. The maximum atomic E-state index is 13.8. The van der Waals surface area contributed by atoms with Crippen LogP contribution in [0.2, 0.25) is 0 Å². The third-order valence-electron chi connectivity index (χ3n) is 4.75. The van der Waals surface area contributed by atoms with Crippen LogP contribution in [0.4, 0.5) is 4.39 Å². The molecular weight excluding hydrogens is 249 g/mol. The zero-order valence-corrected chi connectivity index (χ0v) is 11.4. The molecule has 0 aliphatic heterocycles. The Hall–Kier alpha value is -1.67. The summed E-state index contributed by atoms with van der Waals surface area (Å²) in [4.78, 5) is 0. The van der Waals surface area contributed by atoms with Gasteiger partial charge in [-0.1, -0.05) is 36.4 Å². The molecule has 2 heteroatoms. The van der Waals surface area contributed by atoms with Gasteiger partial charge in [-0.05, 0) is 54.0 Å². The number of fused-ring (bicyclic) bond motifs is 2. The van der Waals surface area contributed by atoms with E-state index in [2.05, 4.69) is 35.6 Å². The molecule has 0 fully saturated rings. The number of nitrogens with one attached hydrogen (secondary N) is 1. The van der Waals surface area contributed by atoms with E-state index >= 15 is 0 Å². The Morgan fingerprint density at radius 2 is 1.60 bits per heavy atom. The highest BCUT2D eigenvalue weighted by Gasteiger charge is 2.29. The number of halogens is 1. The lowest BCUT2D eigenvalue weighted by Crippen LogP contribution is -2.23. The van der Waals surface area contributed by atoms with E-state index in [0.29, 0.717) is 12.1 Å². The molecule has 0 saturated carbocycles. The minimum atomic E-state index is -0.0429. The quantitative estimate of drug-likeness (QED) is 0.864. The summed E-state index contributed by atoms with van der Waals surface area (Å²) in [6.07, 6.45) is 4.17. The number of hydrogen-bond acceptors (Lipinski definition) is 1. The van der Waals surface area contributed by atoms with Crippen LogP contribution >= 0.6 is 0 Å². The first-order valence-corrected chi connectivity index (χ1v) is 7.44. The van der Waals surface area contributed by atoms with Crippen molar-refractivity contribution in [3.05, 3.63) is 70.5 Å². The third-order valence-corrected chi connectivity index (χ3v) is 4.75. The summed E-state index contributed by atoms with van der Waals surface area (Å²) in [6, 6.07) is 14.9. The van der Waals surface area contributed by atoms with Gasteiger partial charge in [-0.2, -0.15) is 0 Å². The molecule has 0 bridgehead atoms. The molecule has 0 radical (unpaired) electrons. The smallest absolute Gasteiger partial charge is 0.126 e. The minimum Gasteiger partial charge on any atom is -0.303 e. The fourth-order valence-corrected chi connectivity index (χ4v) is 3.76. The van der Waals surface area contributed by atoms with E-state index in [9.17, 15) is 4.39 Å². The van der Waals surface area contributed by atoms with Crippen molar-refractivity contribution in [3.63, 3.8) is 0 Å². The molecule has 2 aromatic carbocycles. The second-order valence-electron chi connectivity index (χ2n) is 5.86. The first-order valence-electron chi connectivity index (χ1n) is 7.44. The molecule has 0 spiro atoms. The lowest BCUT2D eigenvalue weighted by atomic mass is 10.0. The number of aryl methyl sites for hydroxylation is 1. The summed E-state index contributed by atoms with van der Waals surface area (Å²) in [5.74, 6) is -0.0429. The largest absolute Gasteiger partial charge is 0.303 e. The molecule has 2 unspecified atom stereocenters. The van der Waals surface area contributed by atoms with E-state index < -0.39 is 0 Å². The molecule has 2 aliphatic rings. The van der Waals surface area contributed by atoms with Gasteiger partial charge in [0.2, 0.25) is 0 Å². The molecule has 0 amide bonds. The van der Waals surface area contributed by atoms with Crippen LogP contribution in [0.3, 0.4) is 0 Å². The second-order valence-corrected chi connectivity index (χ2v) is 5.86. The maximum absolute atomic E-state index is 13.8. The average molecular weight is 267 g/mol. The van der Waals surface area contributed by atoms with Crippen LogP contribution in [0.5, 0.6) is 0 Å². The van der Waals surface area contributed by atoms with Crippen molar-refractivity contribution >= 4 is 0 Å². The monoisotopic (exact) mass is 267 g/mol. The van der Waals surface area contributed by atoms with Gasteiger partial charge in [-0.3, -0.25) is 0 Å². The van der Waals surface area contributed by atoms with Crippen LogP contribution < -0.4 is 5.32 Å². The van der Waals surface area contributed by atoms with E-state index in [0.717, 1.165) is 36.8 Å². The van der Waals surface area contributed by atoms with Crippen molar-refractivity contribution in [1.29, 1.82) is 0 Å². The standard InChI is InChI=1S/C18H18FN/c19-16-7-3-6-15-14(16)9-11-18(15)20-17-10-8-12-4-1-2-5-13(12)17/h1-7,17-18,20H,8-11H2. The number of rotatable bonds is 2. The molecule has 1 nitrogen and oxygen atoms in total. The number of hydrogen-bond donors (Lipinski definition) is 1. The van der Waals surface area contributed by atoms with Gasteiger partial charge in [-0.15, -0.1) is 0 Å². The van der Waals surface area contributed by atoms with Gasteiger partial charge < -0.3 is 5.32 Å². The van der Waals surface area contributed by atoms with Crippen molar-refractivity contribution in [2.24, 2.45) is 0 Å². The topological polar surface area (TPSA) is 12.0 Å². The van der Waals surface area contributed by atoms with Crippen LogP contribution in [0, 0.1) is 5.82 Å². The molecule has 1 N–H and O–H groups in total. The molecular formula is C18H18FN. The highest BCUT2D eigenvalue weighted by Crippen LogP contribution is 2.38. The summed E-state index contributed by atoms with van der Waals surface area (Å²) in [5.41, 5.74) is 4.96. The zero-order chi connectivity index (χ0) is 13.5. The molecule has 0 aromatic heterocycles. The fourth-order valence-electron chi connectivity index (χ4n) is 3.76. The van der Waals surface area contributed by atoms with Gasteiger partial charge in [0.15, 0.2) is 0 Å². The van der Waals surface area contributed by atoms with Crippen molar-refractivity contribution in [3.8, 4) is 0 Å². The molecule has 102 valence electrons. The first-order chi connectivity index (χ1) is 9.83. The molecule has 0 saturated heterocycles. The summed E-state index contributed by atoms with van der Waals surface area (Å²) in [6.45, 7) is 0. The maximum Gasteiger partial charge on any atom is 0.126 e. The van der Waals surface area contributed by atoms with E-state index in [4.69, 9.17) is 0 Å². The summed E-state index contributed by atoms with van der Waals surface area (Å²) >= 11 is 0. The molecule has 2 aromatic rings. The zero-order valence-electron chi connectivity index (χ0n) is 11.4. The minimum absolute atomic E-state index is 0.0429. The highest BCUT2D eigenvalue weighted by atomic mass is 19.1. The van der Waals surface area contributed by atoms with Gasteiger partial charge in [0.25, 0.3) is 0 Å². The summed E-state index contributed by atoms with van der Waals surface area (Å²) < 4.78 is 13.8. The second kappa shape index (κ2) is 4.71. The highest BCUT2D eigenvalue weighted by molar-refractivity contribution is 5.38. The van der Waals surface area contributed by atoms with Crippen molar-refractivity contribution < 1.29 is 4.39 Å². The molecule has 0 heterocycles. The van der Waals surface area contributed by atoms with Crippen molar-refractivity contribution in [1.82, 2.24) is 5.32 Å².